The van der Waals surface area contributed by atoms with Gasteiger partial charge in [-0.3, -0.25) is 4.90 Å². The molecule has 0 saturated carbocycles. The van der Waals surface area contributed by atoms with Gasteiger partial charge in [-0.2, -0.15) is 0 Å². The standard InChI is InChI=1S/C20H33N3.2ClH/c1-2-3-4-7-20(23-16-12-21-13-17-23)18-8-10-19(11-9-18)22-14-5-6-15-22;;/h8-11,20-21H,2-7,12-17H2,1H3;2*1H/t20-;;/m0../s1. The van der Waals surface area contributed by atoms with Crippen molar-refractivity contribution < 1.29 is 0 Å². The Morgan fingerprint density at radius 3 is 2.16 bits per heavy atom. The molecule has 1 aromatic carbocycles. The summed E-state index contributed by atoms with van der Waals surface area (Å²) in [4.78, 5) is 5.22. The number of halogens is 2. The topological polar surface area (TPSA) is 18.5 Å². The highest BCUT2D eigenvalue weighted by Crippen LogP contribution is 2.29. The van der Waals surface area contributed by atoms with Gasteiger partial charge < -0.3 is 10.2 Å². The second-order valence-electron chi connectivity index (χ2n) is 7.08. The van der Waals surface area contributed by atoms with Gasteiger partial charge in [0.1, 0.15) is 0 Å². The van der Waals surface area contributed by atoms with Gasteiger partial charge in [0.15, 0.2) is 0 Å². The molecule has 0 amide bonds. The van der Waals surface area contributed by atoms with E-state index >= 15 is 0 Å². The summed E-state index contributed by atoms with van der Waals surface area (Å²) >= 11 is 0. The Morgan fingerprint density at radius 2 is 1.56 bits per heavy atom. The summed E-state index contributed by atoms with van der Waals surface area (Å²) in [6, 6.07) is 10.1. The first-order valence-corrected chi connectivity index (χ1v) is 9.68. The maximum absolute atomic E-state index is 3.49. The van der Waals surface area contributed by atoms with Crippen LogP contribution in [-0.4, -0.2) is 44.2 Å². The Morgan fingerprint density at radius 1 is 0.920 bits per heavy atom. The van der Waals surface area contributed by atoms with E-state index in [1.165, 1.54) is 76.0 Å². The van der Waals surface area contributed by atoms with Crippen molar-refractivity contribution in [3.8, 4) is 0 Å². The monoisotopic (exact) mass is 387 g/mol. The highest BCUT2D eigenvalue weighted by Gasteiger charge is 2.22. The summed E-state index contributed by atoms with van der Waals surface area (Å²) in [7, 11) is 0. The summed E-state index contributed by atoms with van der Waals surface area (Å²) < 4.78 is 0. The summed E-state index contributed by atoms with van der Waals surface area (Å²) in [5.74, 6) is 0. The molecule has 1 aromatic rings. The van der Waals surface area contributed by atoms with Gasteiger partial charge in [-0.15, -0.1) is 24.8 Å². The fraction of sp³-hybridized carbons (Fsp3) is 0.700. The first-order chi connectivity index (χ1) is 11.4. The molecule has 0 spiro atoms. The second-order valence-corrected chi connectivity index (χ2v) is 7.08. The van der Waals surface area contributed by atoms with Crippen LogP contribution in [-0.2, 0) is 0 Å². The number of rotatable bonds is 7. The van der Waals surface area contributed by atoms with E-state index in [1.807, 2.05) is 0 Å². The van der Waals surface area contributed by atoms with Crippen LogP contribution < -0.4 is 10.2 Å². The van der Waals surface area contributed by atoms with E-state index in [-0.39, 0.29) is 24.8 Å². The predicted molar refractivity (Wildman–Crippen MR) is 114 cm³/mol. The highest BCUT2D eigenvalue weighted by molar-refractivity contribution is 5.85. The van der Waals surface area contributed by atoms with E-state index in [0.29, 0.717) is 6.04 Å². The molecule has 2 saturated heterocycles. The van der Waals surface area contributed by atoms with Crippen LogP contribution in [0.5, 0.6) is 0 Å². The van der Waals surface area contributed by atoms with Crippen LogP contribution in [0.4, 0.5) is 5.69 Å². The van der Waals surface area contributed by atoms with Crippen LogP contribution in [0.1, 0.15) is 57.1 Å². The van der Waals surface area contributed by atoms with Crippen LogP contribution in [0.3, 0.4) is 0 Å². The Bertz CT molecular complexity index is 455. The number of unbranched alkanes of at least 4 members (excludes halogenated alkanes) is 2. The molecule has 1 N–H and O–H groups in total. The van der Waals surface area contributed by atoms with E-state index in [0.717, 1.165) is 13.1 Å². The van der Waals surface area contributed by atoms with Crippen molar-refractivity contribution in [3.05, 3.63) is 29.8 Å². The zero-order valence-electron chi connectivity index (χ0n) is 15.6. The lowest BCUT2D eigenvalue weighted by Crippen LogP contribution is -2.45. The zero-order valence-corrected chi connectivity index (χ0v) is 17.2. The summed E-state index contributed by atoms with van der Waals surface area (Å²) in [5.41, 5.74) is 2.94. The number of benzene rings is 1. The van der Waals surface area contributed by atoms with E-state index in [4.69, 9.17) is 0 Å². The largest absolute Gasteiger partial charge is 0.372 e. The molecule has 2 fully saturated rings. The zero-order chi connectivity index (χ0) is 15.9. The molecular weight excluding hydrogens is 353 g/mol. The van der Waals surface area contributed by atoms with Gasteiger partial charge in [0.25, 0.3) is 0 Å². The molecular formula is C20H35Cl2N3. The third kappa shape index (κ3) is 6.32. The highest BCUT2D eigenvalue weighted by atomic mass is 35.5. The number of nitrogens with zero attached hydrogens (tertiary/aromatic N) is 2. The van der Waals surface area contributed by atoms with Gasteiger partial charge in [0, 0.05) is 51.0 Å². The van der Waals surface area contributed by atoms with Crippen LogP contribution >= 0.6 is 24.8 Å². The number of hydrogen-bond donors (Lipinski definition) is 1. The smallest absolute Gasteiger partial charge is 0.0366 e. The van der Waals surface area contributed by atoms with Crippen molar-refractivity contribution in [1.29, 1.82) is 0 Å². The summed E-state index contributed by atoms with van der Waals surface area (Å²) in [6.45, 7) is 9.40. The molecule has 0 aliphatic carbocycles. The summed E-state index contributed by atoms with van der Waals surface area (Å²) in [6.07, 6.45) is 8.01. The average Bonchev–Trinajstić information content (AvgIpc) is 3.14. The van der Waals surface area contributed by atoms with Gasteiger partial charge in [-0.1, -0.05) is 38.3 Å². The Balaban J connectivity index is 0.00000156. The quantitative estimate of drug-likeness (QED) is 0.686. The molecule has 2 heterocycles. The van der Waals surface area contributed by atoms with Crippen molar-refractivity contribution in [3.63, 3.8) is 0 Å². The van der Waals surface area contributed by atoms with E-state index in [1.54, 1.807) is 0 Å². The molecule has 2 aliphatic rings. The van der Waals surface area contributed by atoms with Crippen LogP contribution in [0.25, 0.3) is 0 Å². The molecule has 3 nitrogen and oxygen atoms in total. The van der Waals surface area contributed by atoms with Crippen LogP contribution in [0.2, 0.25) is 0 Å². The van der Waals surface area contributed by atoms with Crippen molar-refractivity contribution in [2.24, 2.45) is 0 Å². The van der Waals surface area contributed by atoms with E-state index < -0.39 is 0 Å². The maximum Gasteiger partial charge on any atom is 0.0366 e. The molecule has 144 valence electrons. The molecule has 0 radical (unpaired) electrons. The molecule has 0 bridgehead atoms. The molecule has 25 heavy (non-hydrogen) atoms. The molecule has 5 heteroatoms. The minimum absolute atomic E-state index is 0. The van der Waals surface area contributed by atoms with Crippen molar-refractivity contribution in [1.82, 2.24) is 10.2 Å². The number of anilines is 1. The van der Waals surface area contributed by atoms with Crippen LogP contribution in [0.15, 0.2) is 24.3 Å². The minimum Gasteiger partial charge on any atom is -0.372 e. The Kier molecular flexibility index (Phi) is 10.8. The SMILES string of the molecule is CCCCC[C@@H](c1ccc(N2CCCC2)cc1)N1CCNCC1.Cl.Cl. The fourth-order valence-corrected chi connectivity index (χ4v) is 4.02. The number of nitrogens with one attached hydrogen (secondary N) is 1. The molecule has 1 atom stereocenters. The number of hydrogen-bond acceptors (Lipinski definition) is 3. The first kappa shape index (κ1) is 22.6. The molecule has 0 unspecified atom stereocenters. The molecule has 3 rings (SSSR count). The van der Waals surface area contributed by atoms with Crippen molar-refractivity contribution in [2.75, 3.05) is 44.2 Å². The van der Waals surface area contributed by atoms with Crippen molar-refractivity contribution >= 4 is 30.5 Å². The van der Waals surface area contributed by atoms with Gasteiger partial charge in [0.2, 0.25) is 0 Å². The van der Waals surface area contributed by atoms with E-state index in [9.17, 15) is 0 Å². The maximum atomic E-state index is 3.49. The third-order valence-corrected chi connectivity index (χ3v) is 5.42. The van der Waals surface area contributed by atoms with Gasteiger partial charge in [-0.05, 0) is 37.0 Å². The minimum atomic E-state index is 0. The van der Waals surface area contributed by atoms with Crippen LogP contribution in [0, 0.1) is 0 Å². The van der Waals surface area contributed by atoms with E-state index in [2.05, 4.69) is 46.3 Å². The predicted octanol–water partition coefficient (Wildman–Crippen LogP) is 4.66. The Labute approximate surface area is 166 Å². The molecule has 0 aromatic heterocycles. The van der Waals surface area contributed by atoms with Crippen molar-refractivity contribution in [2.45, 2.75) is 51.5 Å². The fourth-order valence-electron chi connectivity index (χ4n) is 4.02. The number of piperazine rings is 1. The average molecular weight is 388 g/mol. The van der Waals surface area contributed by atoms with Gasteiger partial charge in [0.05, 0.1) is 0 Å². The lowest BCUT2D eigenvalue weighted by molar-refractivity contribution is 0.163. The molecule has 2 aliphatic heterocycles. The van der Waals surface area contributed by atoms with Gasteiger partial charge in [-0.25, -0.2) is 0 Å². The first-order valence-electron chi connectivity index (χ1n) is 9.68. The second kappa shape index (κ2) is 12.0. The summed E-state index contributed by atoms with van der Waals surface area (Å²) in [5, 5.41) is 3.49. The third-order valence-electron chi connectivity index (χ3n) is 5.42. The van der Waals surface area contributed by atoms with Gasteiger partial charge >= 0.3 is 0 Å². The lowest BCUT2D eigenvalue weighted by atomic mass is 9.97. The Hall–Kier alpha value is -0.480. The normalized spacial score (nSPS) is 19.2. The lowest BCUT2D eigenvalue weighted by Gasteiger charge is -2.35.